The van der Waals surface area contributed by atoms with Gasteiger partial charge in [-0.2, -0.15) is 0 Å². The molecule has 35 heavy (non-hydrogen) atoms. The molecule has 0 unspecified atom stereocenters. The van der Waals surface area contributed by atoms with Gasteiger partial charge in [-0.15, -0.1) is 0 Å². The van der Waals surface area contributed by atoms with E-state index in [1.54, 1.807) is 36.9 Å². The van der Waals surface area contributed by atoms with Crippen molar-refractivity contribution in [3.63, 3.8) is 0 Å². The summed E-state index contributed by atoms with van der Waals surface area (Å²) >= 11 is 0.868. The summed E-state index contributed by atoms with van der Waals surface area (Å²) in [5.74, 6) is 0.358. The van der Waals surface area contributed by atoms with Gasteiger partial charge in [-0.3, -0.25) is 19.9 Å². The number of hydrogen-bond donors (Lipinski definition) is 2. The van der Waals surface area contributed by atoms with Crippen LogP contribution in [0.4, 0.5) is 15.1 Å². The number of thioether (sulfide) groups is 1. The number of carbonyl (C=O) groups is 2. The third kappa shape index (κ3) is 5.75. The smallest absolute Gasteiger partial charge is 0.290 e. The molecule has 2 fully saturated rings. The van der Waals surface area contributed by atoms with Crippen molar-refractivity contribution in [2.45, 2.75) is 19.4 Å². The Labute approximate surface area is 205 Å². The Balaban J connectivity index is 1.12. The number of rotatable bonds is 7. The zero-order valence-electron chi connectivity index (χ0n) is 18.7. The summed E-state index contributed by atoms with van der Waals surface area (Å²) in [5.41, 5.74) is 2.54. The van der Waals surface area contributed by atoms with Gasteiger partial charge in [0.1, 0.15) is 5.82 Å². The van der Waals surface area contributed by atoms with Crippen molar-refractivity contribution in [3.8, 4) is 11.3 Å². The van der Waals surface area contributed by atoms with Gasteiger partial charge < -0.3 is 14.6 Å². The average molecular weight is 495 g/mol. The molecule has 0 bridgehead atoms. The molecule has 0 atom stereocenters. The zero-order valence-corrected chi connectivity index (χ0v) is 19.6. The molecule has 5 rings (SSSR count). The van der Waals surface area contributed by atoms with Crippen molar-refractivity contribution in [2.24, 2.45) is 5.92 Å². The first-order chi connectivity index (χ1) is 17.0. The van der Waals surface area contributed by atoms with E-state index in [0.29, 0.717) is 40.4 Å². The minimum atomic E-state index is -0.403. The van der Waals surface area contributed by atoms with Crippen LogP contribution >= 0.6 is 11.8 Å². The van der Waals surface area contributed by atoms with Gasteiger partial charge in [0, 0.05) is 37.5 Å². The highest BCUT2D eigenvalue weighted by Crippen LogP contribution is 2.26. The van der Waals surface area contributed by atoms with E-state index in [1.807, 2.05) is 0 Å². The quantitative estimate of drug-likeness (QED) is 0.476. The van der Waals surface area contributed by atoms with Gasteiger partial charge in [-0.25, -0.2) is 14.4 Å². The number of imide groups is 1. The van der Waals surface area contributed by atoms with Crippen molar-refractivity contribution in [1.29, 1.82) is 0 Å². The van der Waals surface area contributed by atoms with E-state index >= 15 is 0 Å². The number of hydrogen-bond acceptors (Lipinski definition) is 9. The van der Waals surface area contributed by atoms with Crippen LogP contribution in [0.5, 0.6) is 0 Å². The minimum absolute atomic E-state index is 0.321. The number of aromatic nitrogens is 3. The third-order valence-corrected chi connectivity index (χ3v) is 6.69. The maximum absolute atomic E-state index is 14.0. The standard InChI is InChI=1S/C24H23FN6O3S/c25-17-9-19(28-20(10-17)16-4-8-34-14-16)13-26-12-15-2-6-31(7-3-15)23-27-5-1-18(29-23)11-21-22(32)30-24(33)35-21/h1,4-5,8-11,14-15,26H,2-3,6-7,12-13H2,(H,30,32,33)/b21-11-. The fraction of sp³-hybridized carbons (Fsp3) is 0.292. The average Bonchev–Trinajstić information content (AvgIpc) is 3.49. The summed E-state index contributed by atoms with van der Waals surface area (Å²) in [5, 5.41) is 5.27. The van der Waals surface area contributed by atoms with Gasteiger partial charge in [0.15, 0.2) is 0 Å². The number of piperidine rings is 1. The summed E-state index contributed by atoms with van der Waals surface area (Å²) in [7, 11) is 0. The first-order valence-electron chi connectivity index (χ1n) is 11.3. The van der Waals surface area contributed by atoms with E-state index in [1.165, 1.54) is 12.1 Å². The number of halogens is 1. The van der Waals surface area contributed by atoms with Crippen LogP contribution in [0.25, 0.3) is 17.3 Å². The van der Waals surface area contributed by atoms with Gasteiger partial charge in [0.2, 0.25) is 5.95 Å². The van der Waals surface area contributed by atoms with Crippen LogP contribution in [0.2, 0.25) is 0 Å². The van der Waals surface area contributed by atoms with Crippen LogP contribution in [0, 0.1) is 11.7 Å². The lowest BCUT2D eigenvalue weighted by molar-refractivity contribution is -0.115. The van der Waals surface area contributed by atoms with Gasteiger partial charge in [0.25, 0.3) is 11.1 Å². The normalized spacial score (nSPS) is 17.9. The molecule has 9 nitrogen and oxygen atoms in total. The monoisotopic (exact) mass is 494 g/mol. The van der Waals surface area contributed by atoms with Crippen molar-refractivity contribution in [1.82, 2.24) is 25.6 Å². The molecule has 2 amide bonds. The van der Waals surface area contributed by atoms with Crippen LogP contribution in [0.3, 0.4) is 0 Å². The maximum atomic E-state index is 14.0. The van der Waals surface area contributed by atoms with Crippen LogP contribution in [-0.2, 0) is 11.3 Å². The second-order valence-corrected chi connectivity index (χ2v) is 9.38. The van der Waals surface area contributed by atoms with Crippen LogP contribution in [0.1, 0.15) is 24.2 Å². The molecular weight excluding hydrogens is 471 g/mol. The van der Waals surface area contributed by atoms with Gasteiger partial charge in [-0.1, -0.05) is 0 Å². The Kier molecular flexibility index (Phi) is 6.87. The molecule has 0 aliphatic carbocycles. The molecule has 2 aliphatic heterocycles. The van der Waals surface area contributed by atoms with Gasteiger partial charge >= 0.3 is 0 Å². The first kappa shape index (κ1) is 23.2. The lowest BCUT2D eigenvalue weighted by Crippen LogP contribution is -2.38. The fourth-order valence-electron chi connectivity index (χ4n) is 4.09. The molecule has 11 heteroatoms. The van der Waals surface area contributed by atoms with Crippen LogP contribution in [0.15, 0.2) is 52.3 Å². The molecule has 2 saturated heterocycles. The van der Waals surface area contributed by atoms with E-state index in [9.17, 15) is 14.0 Å². The van der Waals surface area contributed by atoms with Crippen LogP contribution in [-0.4, -0.2) is 45.7 Å². The maximum Gasteiger partial charge on any atom is 0.290 e. The van der Waals surface area contributed by atoms with Crippen molar-refractivity contribution < 1.29 is 18.4 Å². The molecule has 0 spiro atoms. The summed E-state index contributed by atoms with van der Waals surface area (Å²) in [6.07, 6.45) is 8.28. The number of pyridine rings is 1. The van der Waals surface area contributed by atoms with Crippen molar-refractivity contribution in [2.75, 3.05) is 24.5 Å². The highest BCUT2D eigenvalue weighted by Gasteiger charge is 2.25. The van der Waals surface area contributed by atoms with E-state index in [0.717, 1.165) is 49.8 Å². The largest absolute Gasteiger partial charge is 0.472 e. The lowest BCUT2D eigenvalue weighted by atomic mass is 9.97. The summed E-state index contributed by atoms with van der Waals surface area (Å²) in [6.45, 7) is 2.91. The molecule has 2 aliphatic rings. The molecule has 5 heterocycles. The summed E-state index contributed by atoms with van der Waals surface area (Å²) in [6, 6.07) is 6.32. The highest BCUT2D eigenvalue weighted by molar-refractivity contribution is 8.18. The molecule has 0 radical (unpaired) electrons. The number of carbonyl (C=O) groups excluding carboxylic acids is 2. The third-order valence-electron chi connectivity index (χ3n) is 5.88. The predicted molar refractivity (Wildman–Crippen MR) is 130 cm³/mol. The fourth-order valence-corrected chi connectivity index (χ4v) is 4.76. The summed E-state index contributed by atoms with van der Waals surface area (Å²) in [4.78, 5) is 39.0. The molecule has 180 valence electrons. The number of nitrogens with one attached hydrogen (secondary N) is 2. The number of anilines is 1. The van der Waals surface area contributed by atoms with Gasteiger partial charge in [0.05, 0.1) is 34.5 Å². The van der Waals surface area contributed by atoms with E-state index in [4.69, 9.17) is 4.42 Å². The van der Waals surface area contributed by atoms with Crippen LogP contribution < -0.4 is 15.5 Å². The zero-order chi connectivity index (χ0) is 24.2. The van der Waals surface area contributed by atoms with E-state index < -0.39 is 5.91 Å². The highest BCUT2D eigenvalue weighted by atomic mass is 32.2. The number of furan rings is 1. The number of nitrogens with zero attached hydrogens (tertiary/aromatic N) is 4. The Morgan fingerprint density at radius 3 is 2.83 bits per heavy atom. The molecule has 0 aromatic carbocycles. The minimum Gasteiger partial charge on any atom is -0.472 e. The first-order valence-corrected chi connectivity index (χ1v) is 12.1. The molecule has 3 aromatic rings. The Morgan fingerprint density at radius 1 is 1.23 bits per heavy atom. The molecule has 0 saturated carbocycles. The SMILES string of the molecule is O=C1NC(=O)/C(=C/c2ccnc(N3CCC(CNCc4cc(F)cc(-c5ccoc5)n4)CC3)n2)S1. The van der Waals surface area contributed by atoms with Crippen molar-refractivity contribution >= 4 is 34.9 Å². The predicted octanol–water partition coefficient (Wildman–Crippen LogP) is 3.60. The topological polar surface area (TPSA) is 113 Å². The molecule has 2 N–H and O–H groups in total. The molecule has 3 aromatic heterocycles. The summed E-state index contributed by atoms with van der Waals surface area (Å²) < 4.78 is 19.1. The number of amides is 2. The lowest BCUT2D eigenvalue weighted by Gasteiger charge is -2.32. The molecular formula is C24H23FN6O3S. The van der Waals surface area contributed by atoms with E-state index in [2.05, 4.69) is 30.5 Å². The second-order valence-electron chi connectivity index (χ2n) is 8.37. The van der Waals surface area contributed by atoms with E-state index in [-0.39, 0.29) is 11.1 Å². The van der Waals surface area contributed by atoms with Crippen molar-refractivity contribution in [3.05, 3.63) is 65.1 Å². The van der Waals surface area contributed by atoms with Gasteiger partial charge in [-0.05, 0) is 61.3 Å². The Morgan fingerprint density at radius 2 is 2.09 bits per heavy atom. The Hall–Kier alpha value is -3.57. The second kappa shape index (κ2) is 10.4. The Bertz CT molecular complexity index is 1260.